The maximum Gasteiger partial charge on any atom is 0.303 e. The largest absolute Gasteiger partial charge is 0.455 e. The van der Waals surface area contributed by atoms with Gasteiger partial charge in [-0.05, 0) is 6.42 Å². The van der Waals surface area contributed by atoms with Crippen molar-refractivity contribution >= 4 is 58.2 Å². The molecular weight excluding hydrogens is 453 g/mol. The molecule has 164 valence electrons. The Morgan fingerprint density at radius 1 is 1.19 bits per heavy atom. The van der Waals surface area contributed by atoms with Crippen LogP contribution >= 0.6 is 23.2 Å². The molecule has 0 amide bonds. The van der Waals surface area contributed by atoms with Gasteiger partial charge in [-0.15, -0.1) is 0 Å². The van der Waals surface area contributed by atoms with Crippen LogP contribution in [0.2, 0.25) is 0 Å². The van der Waals surface area contributed by atoms with Crippen molar-refractivity contribution < 1.29 is 28.3 Å². The summed E-state index contributed by atoms with van der Waals surface area (Å²) in [4.78, 5) is 40.2. The van der Waals surface area contributed by atoms with Crippen molar-refractivity contribution in [1.29, 1.82) is 0 Å². The first-order chi connectivity index (χ1) is 14.7. The summed E-state index contributed by atoms with van der Waals surface area (Å²) in [5.41, 5.74) is 0.921. The standard InChI is InChI=1S/C18H17Cl2N5O6/c1-4-9-5-10(31-25-9)12-13(28-7(2)26)14(29-8(3)27)15(30-12)18(20)23-16(19)11-17(24-18)22-6-21-11/h5-6,12-15H,4H2,1-3H3/t12-,13+,14-,15-,18?/m1/s1. The summed E-state index contributed by atoms with van der Waals surface area (Å²) in [6.45, 7) is 4.32. The fourth-order valence-electron chi connectivity index (χ4n) is 3.43. The zero-order valence-electron chi connectivity index (χ0n) is 16.6. The molecular formula is C18H17Cl2N5O6. The second-order valence-electron chi connectivity index (χ2n) is 6.90. The van der Waals surface area contributed by atoms with Gasteiger partial charge < -0.3 is 18.7 Å². The number of halogens is 2. The number of aromatic nitrogens is 1. The van der Waals surface area contributed by atoms with Gasteiger partial charge in [0, 0.05) is 19.9 Å². The number of aliphatic imine (C=N–C) groups is 4. The molecule has 0 aromatic carbocycles. The number of hydrogen-bond acceptors (Lipinski definition) is 11. The van der Waals surface area contributed by atoms with E-state index in [2.05, 4.69) is 25.1 Å². The molecule has 4 heterocycles. The van der Waals surface area contributed by atoms with E-state index < -0.39 is 41.5 Å². The number of ether oxygens (including phenoxy) is 3. The number of hydrogen-bond donors (Lipinski definition) is 0. The Hall–Kier alpha value is -2.63. The maximum atomic E-state index is 11.9. The molecule has 1 saturated heterocycles. The molecule has 11 nitrogen and oxygen atoms in total. The van der Waals surface area contributed by atoms with E-state index in [0.717, 1.165) is 0 Å². The number of alkyl halides is 1. The van der Waals surface area contributed by atoms with E-state index in [1.807, 2.05) is 6.92 Å². The number of fused-ring (bicyclic) bond motifs is 1. The van der Waals surface area contributed by atoms with Crippen molar-refractivity contribution in [3.63, 3.8) is 0 Å². The van der Waals surface area contributed by atoms with Crippen LogP contribution in [-0.2, 0) is 30.2 Å². The highest BCUT2D eigenvalue weighted by Gasteiger charge is 2.60. The first-order valence-corrected chi connectivity index (χ1v) is 10.1. The number of rotatable bonds is 5. The number of nitrogens with zero attached hydrogens (tertiary/aromatic N) is 5. The van der Waals surface area contributed by atoms with E-state index in [1.54, 1.807) is 6.07 Å². The van der Waals surface area contributed by atoms with Crippen molar-refractivity contribution in [3.05, 3.63) is 17.5 Å². The van der Waals surface area contributed by atoms with Crippen molar-refractivity contribution in [2.45, 2.75) is 56.7 Å². The quantitative estimate of drug-likeness (QED) is 0.364. The molecule has 0 spiro atoms. The molecule has 1 aromatic heterocycles. The minimum atomic E-state index is -1.87. The molecule has 0 aliphatic carbocycles. The summed E-state index contributed by atoms with van der Waals surface area (Å²) in [6, 6.07) is 1.66. The van der Waals surface area contributed by atoms with Crippen molar-refractivity contribution in [3.8, 4) is 0 Å². The van der Waals surface area contributed by atoms with Crippen LogP contribution in [0.15, 0.2) is 30.6 Å². The molecule has 1 aromatic rings. The lowest BCUT2D eigenvalue weighted by Gasteiger charge is -2.31. The Morgan fingerprint density at radius 3 is 2.55 bits per heavy atom. The molecule has 0 radical (unpaired) electrons. The average Bonchev–Trinajstić information content (AvgIpc) is 3.40. The first kappa shape index (κ1) is 21.6. The molecule has 4 rings (SSSR count). The van der Waals surface area contributed by atoms with Gasteiger partial charge in [0.2, 0.25) is 0 Å². The zero-order chi connectivity index (χ0) is 22.3. The molecule has 13 heteroatoms. The summed E-state index contributed by atoms with van der Waals surface area (Å²) in [5.74, 6) is -0.854. The summed E-state index contributed by atoms with van der Waals surface area (Å²) < 4.78 is 22.4. The maximum absolute atomic E-state index is 11.9. The van der Waals surface area contributed by atoms with E-state index in [1.165, 1.54) is 20.2 Å². The minimum absolute atomic E-state index is 0.0388. The van der Waals surface area contributed by atoms with Gasteiger partial charge in [-0.25, -0.2) is 20.0 Å². The van der Waals surface area contributed by atoms with Crippen molar-refractivity contribution in [2.75, 3.05) is 0 Å². The Kier molecular flexibility index (Phi) is 5.67. The van der Waals surface area contributed by atoms with Crippen LogP contribution in [0.3, 0.4) is 0 Å². The Morgan fingerprint density at radius 2 is 1.90 bits per heavy atom. The fourth-order valence-corrected chi connectivity index (χ4v) is 4.08. The van der Waals surface area contributed by atoms with Crippen LogP contribution in [0, 0.1) is 0 Å². The smallest absolute Gasteiger partial charge is 0.303 e. The monoisotopic (exact) mass is 469 g/mol. The second-order valence-corrected chi connectivity index (χ2v) is 7.81. The van der Waals surface area contributed by atoms with Gasteiger partial charge in [-0.1, -0.05) is 35.3 Å². The predicted molar refractivity (Wildman–Crippen MR) is 110 cm³/mol. The van der Waals surface area contributed by atoms with Gasteiger partial charge >= 0.3 is 11.9 Å². The molecule has 3 aliphatic heterocycles. The van der Waals surface area contributed by atoms with Gasteiger partial charge in [0.25, 0.3) is 5.12 Å². The van der Waals surface area contributed by atoms with Crippen molar-refractivity contribution in [2.24, 2.45) is 20.0 Å². The number of amidine groups is 1. The molecule has 0 N–H and O–H groups in total. The highest BCUT2D eigenvalue weighted by atomic mass is 35.5. The topological polar surface area (TPSA) is 137 Å². The van der Waals surface area contributed by atoms with Crippen LogP contribution < -0.4 is 0 Å². The van der Waals surface area contributed by atoms with E-state index in [9.17, 15) is 9.59 Å². The van der Waals surface area contributed by atoms with Crippen LogP contribution in [0.5, 0.6) is 0 Å². The highest BCUT2D eigenvalue weighted by Crippen LogP contribution is 2.45. The minimum Gasteiger partial charge on any atom is -0.455 e. The summed E-state index contributed by atoms with van der Waals surface area (Å²) in [7, 11) is 0. The van der Waals surface area contributed by atoms with Crippen LogP contribution in [0.4, 0.5) is 0 Å². The molecule has 3 aliphatic rings. The number of esters is 2. The Bertz CT molecular complexity index is 1050. The lowest BCUT2D eigenvalue weighted by molar-refractivity contribution is -0.164. The third-order valence-corrected chi connectivity index (χ3v) is 5.34. The third kappa shape index (κ3) is 4.00. The lowest BCUT2D eigenvalue weighted by Crippen LogP contribution is -2.49. The summed E-state index contributed by atoms with van der Waals surface area (Å²) in [6.07, 6.45) is -2.60. The summed E-state index contributed by atoms with van der Waals surface area (Å²) in [5, 5.41) is 2.04. The van der Waals surface area contributed by atoms with Crippen LogP contribution in [0.1, 0.15) is 38.3 Å². The SMILES string of the molecule is CCc1cc([C@H]2O[C@@H](C3(Cl)N=C(Cl)C4=NC=NC4=N3)[C@H](OC(C)=O)[C@H]2OC(C)=O)on1. The number of carbonyl (C=O) groups is 2. The van der Waals surface area contributed by atoms with Crippen molar-refractivity contribution in [1.82, 2.24) is 5.16 Å². The average molecular weight is 470 g/mol. The fraction of sp³-hybridized carbons (Fsp3) is 0.500. The number of carbonyl (C=O) groups excluding carboxylic acids is 2. The van der Waals surface area contributed by atoms with Crippen LogP contribution in [-0.4, -0.2) is 63.6 Å². The molecule has 5 atom stereocenters. The molecule has 1 fully saturated rings. The van der Waals surface area contributed by atoms with Gasteiger partial charge in [0.1, 0.15) is 12.1 Å². The van der Waals surface area contributed by atoms with E-state index in [4.69, 9.17) is 41.9 Å². The van der Waals surface area contributed by atoms with E-state index in [-0.39, 0.29) is 22.5 Å². The van der Waals surface area contributed by atoms with Gasteiger partial charge in [0.15, 0.2) is 41.2 Å². The molecule has 31 heavy (non-hydrogen) atoms. The first-order valence-electron chi connectivity index (χ1n) is 9.32. The molecule has 1 unspecified atom stereocenters. The highest BCUT2D eigenvalue weighted by molar-refractivity contribution is 6.94. The second kappa shape index (κ2) is 8.13. The normalized spacial score (nSPS) is 31.6. The molecule has 0 bridgehead atoms. The Balaban J connectivity index is 1.77. The predicted octanol–water partition coefficient (Wildman–Crippen LogP) is 1.97. The Labute approximate surface area is 186 Å². The summed E-state index contributed by atoms with van der Waals surface area (Å²) >= 11 is 12.9. The van der Waals surface area contributed by atoms with E-state index >= 15 is 0 Å². The van der Waals surface area contributed by atoms with Gasteiger partial charge in [-0.3, -0.25) is 9.59 Å². The lowest BCUT2D eigenvalue weighted by atomic mass is 10.0. The molecule has 0 saturated carbocycles. The number of aryl methyl sites for hydroxylation is 1. The zero-order valence-corrected chi connectivity index (χ0v) is 18.1. The van der Waals surface area contributed by atoms with Gasteiger partial charge in [-0.2, -0.15) is 0 Å². The van der Waals surface area contributed by atoms with E-state index in [0.29, 0.717) is 12.1 Å². The van der Waals surface area contributed by atoms with Crippen LogP contribution in [0.25, 0.3) is 0 Å². The van der Waals surface area contributed by atoms with Gasteiger partial charge in [0.05, 0.1) is 5.69 Å². The third-order valence-electron chi connectivity index (χ3n) is 4.69.